The first kappa shape index (κ1) is 18.7. The van der Waals surface area contributed by atoms with Crippen LogP contribution >= 0.6 is 11.3 Å². The maximum absolute atomic E-state index is 4.27. The molecule has 2 nitrogen and oxygen atoms in total. The molecule has 135 valence electrons. The van der Waals surface area contributed by atoms with Crippen molar-refractivity contribution in [3.05, 3.63) is 70.5 Å². The van der Waals surface area contributed by atoms with Gasteiger partial charge in [0.2, 0.25) is 0 Å². The highest BCUT2D eigenvalue weighted by molar-refractivity contribution is 7.07. The highest BCUT2D eigenvalue weighted by atomic mass is 32.1. The van der Waals surface area contributed by atoms with Crippen LogP contribution in [0.2, 0.25) is 0 Å². The molecule has 3 aromatic rings. The molecule has 0 atom stereocenters. The van der Waals surface area contributed by atoms with Gasteiger partial charge in [-0.05, 0) is 35.1 Å². The average Bonchev–Trinajstić information content (AvgIpc) is 3.16. The minimum atomic E-state index is 0.568. The predicted octanol–water partition coefficient (Wildman–Crippen LogP) is 6.40. The van der Waals surface area contributed by atoms with E-state index in [9.17, 15) is 0 Å². The van der Waals surface area contributed by atoms with Gasteiger partial charge in [0.1, 0.15) is 0 Å². The van der Waals surface area contributed by atoms with E-state index in [1.807, 2.05) is 5.38 Å². The van der Waals surface area contributed by atoms with Crippen LogP contribution in [-0.4, -0.2) is 11.5 Å². The second-order valence-corrected chi connectivity index (χ2v) is 8.20. The highest BCUT2D eigenvalue weighted by Gasteiger charge is 2.11. The molecule has 0 spiro atoms. The molecular formula is C23H27N2S. The summed E-state index contributed by atoms with van der Waals surface area (Å²) in [7, 11) is 0. The van der Waals surface area contributed by atoms with Crippen LogP contribution in [0.4, 0.5) is 5.69 Å². The molecule has 0 unspecified atom stereocenters. The van der Waals surface area contributed by atoms with Gasteiger partial charge in [-0.25, -0.2) is 4.98 Å². The van der Waals surface area contributed by atoms with Crippen LogP contribution in [0.5, 0.6) is 0 Å². The van der Waals surface area contributed by atoms with Crippen molar-refractivity contribution in [2.75, 3.05) is 11.4 Å². The molecule has 0 aliphatic rings. The van der Waals surface area contributed by atoms with Crippen molar-refractivity contribution in [3.8, 4) is 11.3 Å². The zero-order valence-corrected chi connectivity index (χ0v) is 16.9. The summed E-state index contributed by atoms with van der Waals surface area (Å²) in [6.45, 7) is 11.0. The summed E-state index contributed by atoms with van der Waals surface area (Å²) >= 11 is 1.51. The zero-order chi connectivity index (χ0) is 18.5. The lowest BCUT2D eigenvalue weighted by molar-refractivity contribution is 0.609. The molecule has 1 aromatic heterocycles. The number of hydrogen-bond donors (Lipinski definition) is 0. The maximum Gasteiger partial charge on any atom is 0.152 e. The van der Waals surface area contributed by atoms with E-state index in [4.69, 9.17) is 0 Å². The van der Waals surface area contributed by atoms with Crippen LogP contribution in [0.25, 0.3) is 11.3 Å². The van der Waals surface area contributed by atoms with E-state index in [0.29, 0.717) is 11.8 Å². The minimum Gasteiger partial charge on any atom is -0.367 e. The number of aromatic nitrogens is 1. The number of nitrogens with zero attached hydrogens (tertiary/aromatic N) is 2. The maximum atomic E-state index is 4.27. The first-order valence-corrected chi connectivity index (χ1v) is 10.2. The van der Waals surface area contributed by atoms with Gasteiger partial charge in [0.15, 0.2) is 5.51 Å². The molecule has 26 heavy (non-hydrogen) atoms. The number of anilines is 1. The average molecular weight is 364 g/mol. The summed E-state index contributed by atoms with van der Waals surface area (Å²) in [6, 6.07) is 17.8. The SMILES string of the molecule is CC(C)CN(Cc1ccc(-c2cs[c]n2)cc1)c1ccc(C(C)C)cc1. The van der Waals surface area contributed by atoms with Crippen LogP contribution in [-0.2, 0) is 6.54 Å². The summed E-state index contributed by atoms with van der Waals surface area (Å²) < 4.78 is 0. The third kappa shape index (κ3) is 4.73. The Hall–Kier alpha value is -2.13. The fraction of sp³-hybridized carbons (Fsp3) is 0.348. The minimum absolute atomic E-state index is 0.568. The van der Waals surface area contributed by atoms with Crippen LogP contribution in [0.1, 0.15) is 44.7 Å². The molecule has 0 saturated heterocycles. The summed E-state index contributed by atoms with van der Waals surface area (Å²) in [5.41, 5.74) is 9.08. The van der Waals surface area contributed by atoms with E-state index in [0.717, 1.165) is 24.3 Å². The van der Waals surface area contributed by atoms with E-state index < -0.39 is 0 Å². The summed E-state index contributed by atoms with van der Waals surface area (Å²) in [5, 5.41) is 2.04. The van der Waals surface area contributed by atoms with Gasteiger partial charge in [0.25, 0.3) is 0 Å². The third-order valence-electron chi connectivity index (χ3n) is 4.52. The first-order chi connectivity index (χ1) is 12.5. The van der Waals surface area contributed by atoms with Crippen molar-refractivity contribution < 1.29 is 0 Å². The number of hydrogen-bond acceptors (Lipinski definition) is 3. The lowest BCUT2D eigenvalue weighted by atomic mass is 10.0. The Balaban J connectivity index is 1.77. The van der Waals surface area contributed by atoms with Gasteiger partial charge in [-0.15, -0.1) is 11.3 Å². The largest absolute Gasteiger partial charge is 0.367 e. The summed E-state index contributed by atoms with van der Waals surface area (Å²) in [6.07, 6.45) is 0. The van der Waals surface area contributed by atoms with Gasteiger partial charge in [0.05, 0.1) is 5.69 Å². The Kier molecular flexibility index (Phi) is 6.10. The van der Waals surface area contributed by atoms with E-state index in [1.54, 1.807) is 0 Å². The van der Waals surface area contributed by atoms with Crippen LogP contribution in [0, 0.1) is 11.4 Å². The van der Waals surface area contributed by atoms with E-state index in [-0.39, 0.29) is 0 Å². The van der Waals surface area contributed by atoms with Crippen LogP contribution in [0.3, 0.4) is 0 Å². The van der Waals surface area contributed by atoms with Crippen molar-refractivity contribution >= 4 is 17.0 Å². The summed E-state index contributed by atoms with van der Waals surface area (Å²) in [5.74, 6) is 1.18. The normalized spacial score (nSPS) is 11.3. The summed E-state index contributed by atoms with van der Waals surface area (Å²) in [4.78, 5) is 6.74. The molecule has 1 radical (unpaired) electrons. The molecule has 0 aliphatic carbocycles. The fourth-order valence-corrected chi connectivity index (χ4v) is 3.59. The monoisotopic (exact) mass is 363 g/mol. The lowest BCUT2D eigenvalue weighted by Crippen LogP contribution is -2.27. The fourth-order valence-electron chi connectivity index (χ4n) is 3.09. The molecule has 0 aliphatic heterocycles. The molecule has 0 saturated carbocycles. The zero-order valence-electron chi connectivity index (χ0n) is 16.1. The number of thiazole rings is 1. The van der Waals surface area contributed by atoms with Crippen molar-refractivity contribution in [3.63, 3.8) is 0 Å². The van der Waals surface area contributed by atoms with Crippen molar-refractivity contribution in [2.45, 2.75) is 40.2 Å². The molecule has 3 heteroatoms. The van der Waals surface area contributed by atoms with Crippen LogP contribution < -0.4 is 4.90 Å². The van der Waals surface area contributed by atoms with Gasteiger partial charge in [0, 0.05) is 29.7 Å². The van der Waals surface area contributed by atoms with E-state index >= 15 is 0 Å². The Morgan fingerprint density at radius 3 is 2.19 bits per heavy atom. The van der Waals surface area contributed by atoms with Gasteiger partial charge in [-0.3, -0.25) is 0 Å². The molecule has 0 fully saturated rings. The van der Waals surface area contributed by atoms with E-state index in [1.165, 1.54) is 28.2 Å². The van der Waals surface area contributed by atoms with Crippen molar-refractivity contribution in [1.29, 1.82) is 0 Å². The smallest absolute Gasteiger partial charge is 0.152 e. The lowest BCUT2D eigenvalue weighted by Gasteiger charge is -2.27. The molecule has 0 N–H and O–H groups in total. The number of rotatable bonds is 7. The van der Waals surface area contributed by atoms with Crippen molar-refractivity contribution in [2.24, 2.45) is 5.92 Å². The van der Waals surface area contributed by atoms with Gasteiger partial charge in [-0.2, -0.15) is 0 Å². The van der Waals surface area contributed by atoms with Gasteiger partial charge in [-0.1, -0.05) is 64.1 Å². The van der Waals surface area contributed by atoms with E-state index in [2.05, 4.69) is 91.6 Å². The van der Waals surface area contributed by atoms with Crippen molar-refractivity contribution in [1.82, 2.24) is 4.98 Å². The molecule has 0 amide bonds. The molecule has 3 rings (SSSR count). The second kappa shape index (κ2) is 8.50. The Bertz CT molecular complexity index is 787. The molecule has 0 bridgehead atoms. The number of benzene rings is 2. The van der Waals surface area contributed by atoms with Gasteiger partial charge < -0.3 is 4.90 Å². The molecular weight excluding hydrogens is 336 g/mol. The second-order valence-electron chi connectivity index (χ2n) is 7.54. The Labute approximate surface area is 161 Å². The first-order valence-electron chi connectivity index (χ1n) is 9.28. The molecule has 2 aromatic carbocycles. The highest BCUT2D eigenvalue weighted by Crippen LogP contribution is 2.24. The Morgan fingerprint density at radius 1 is 0.962 bits per heavy atom. The topological polar surface area (TPSA) is 16.1 Å². The quantitative estimate of drug-likeness (QED) is 0.483. The standard InChI is InChI=1S/C23H27N2S/c1-17(2)13-25(22-11-9-20(10-12-22)18(3)4)14-19-5-7-21(8-6-19)23-15-26-16-24-23/h5-12,15,17-18H,13-14H2,1-4H3. The predicted molar refractivity (Wildman–Crippen MR) is 113 cm³/mol. The Morgan fingerprint density at radius 2 is 1.65 bits per heavy atom. The van der Waals surface area contributed by atoms with Gasteiger partial charge >= 0.3 is 0 Å². The molecule has 1 heterocycles. The van der Waals surface area contributed by atoms with Crippen LogP contribution in [0.15, 0.2) is 53.9 Å². The third-order valence-corrected chi connectivity index (χ3v) is 5.06.